The van der Waals surface area contributed by atoms with Crippen LogP contribution in [0.5, 0.6) is 0 Å². The lowest BCUT2D eigenvalue weighted by Crippen LogP contribution is -2.31. The first kappa shape index (κ1) is 17.4. The molecule has 0 aromatic carbocycles. The standard InChI is InChI=1S/C16H25NO4/c1-5-6-7-8-13-10-14(17-21-12(3)18)9-11(2)15(13)16(19)20-4/h9,13,15H,5-8,10H2,1-4H3/b17-14-. The Morgan fingerprint density at radius 3 is 2.67 bits per heavy atom. The first-order chi connectivity index (χ1) is 9.99. The molecular weight excluding hydrogens is 270 g/mol. The number of nitrogens with zero attached hydrogens (tertiary/aromatic N) is 1. The van der Waals surface area contributed by atoms with Gasteiger partial charge in [-0.15, -0.1) is 0 Å². The third-order valence-electron chi connectivity index (χ3n) is 3.75. The highest BCUT2D eigenvalue weighted by Gasteiger charge is 2.34. The molecule has 0 bridgehead atoms. The zero-order valence-corrected chi connectivity index (χ0v) is 13.3. The van der Waals surface area contributed by atoms with Gasteiger partial charge in [0.15, 0.2) is 0 Å². The Balaban J connectivity index is 2.89. The second-order valence-electron chi connectivity index (χ2n) is 5.51. The van der Waals surface area contributed by atoms with Gasteiger partial charge in [0.1, 0.15) is 0 Å². The molecular formula is C16H25NO4. The molecule has 0 aromatic heterocycles. The van der Waals surface area contributed by atoms with E-state index in [2.05, 4.69) is 12.1 Å². The number of methoxy groups -OCH3 is 1. The highest BCUT2D eigenvalue weighted by molar-refractivity contribution is 5.98. The van der Waals surface area contributed by atoms with Crippen molar-refractivity contribution in [1.29, 1.82) is 0 Å². The van der Waals surface area contributed by atoms with Gasteiger partial charge in [-0.2, -0.15) is 0 Å². The SMILES string of the molecule is CCCCCC1C/C(=N\OC(C)=O)C=C(C)C1C(=O)OC. The number of hydrogen-bond donors (Lipinski definition) is 0. The first-order valence-corrected chi connectivity index (χ1v) is 7.50. The minimum atomic E-state index is -0.439. The summed E-state index contributed by atoms with van der Waals surface area (Å²) in [6.07, 6.45) is 6.75. The van der Waals surface area contributed by atoms with E-state index in [1.54, 1.807) is 0 Å². The molecule has 2 atom stereocenters. The quantitative estimate of drug-likeness (QED) is 0.326. The Hall–Kier alpha value is -1.65. The molecule has 0 amide bonds. The monoisotopic (exact) mass is 295 g/mol. The third-order valence-corrected chi connectivity index (χ3v) is 3.75. The molecule has 1 rings (SSSR count). The van der Waals surface area contributed by atoms with Crippen LogP contribution in [0.1, 0.15) is 52.9 Å². The Bertz CT molecular complexity index is 440. The molecule has 0 N–H and O–H groups in total. The van der Waals surface area contributed by atoms with E-state index in [1.807, 2.05) is 13.0 Å². The van der Waals surface area contributed by atoms with Crippen molar-refractivity contribution < 1.29 is 19.2 Å². The van der Waals surface area contributed by atoms with Crippen LogP contribution in [0.3, 0.4) is 0 Å². The van der Waals surface area contributed by atoms with Gasteiger partial charge in [-0.05, 0) is 31.8 Å². The van der Waals surface area contributed by atoms with Crippen LogP contribution in [0.2, 0.25) is 0 Å². The van der Waals surface area contributed by atoms with Crippen molar-refractivity contribution in [2.75, 3.05) is 7.11 Å². The van der Waals surface area contributed by atoms with Crippen LogP contribution in [-0.2, 0) is 19.2 Å². The van der Waals surface area contributed by atoms with E-state index in [4.69, 9.17) is 9.57 Å². The summed E-state index contributed by atoms with van der Waals surface area (Å²) in [5.41, 5.74) is 1.63. The van der Waals surface area contributed by atoms with Crippen molar-refractivity contribution >= 4 is 17.7 Å². The summed E-state index contributed by atoms with van der Waals surface area (Å²) in [7, 11) is 1.42. The molecule has 0 saturated carbocycles. The topological polar surface area (TPSA) is 65.0 Å². The lowest BCUT2D eigenvalue weighted by molar-refractivity contribution is -0.146. The van der Waals surface area contributed by atoms with Gasteiger partial charge >= 0.3 is 11.9 Å². The van der Waals surface area contributed by atoms with Gasteiger partial charge in [0.05, 0.1) is 18.7 Å². The average Bonchev–Trinajstić information content (AvgIpc) is 2.44. The van der Waals surface area contributed by atoms with E-state index in [9.17, 15) is 9.59 Å². The second-order valence-corrected chi connectivity index (χ2v) is 5.51. The maximum atomic E-state index is 12.0. The normalized spacial score (nSPS) is 23.6. The van der Waals surface area contributed by atoms with E-state index < -0.39 is 5.97 Å². The lowest BCUT2D eigenvalue weighted by atomic mass is 9.75. The summed E-state index contributed by atoms with van der Waals surface area (Å²) >= 11 is 0. The molecule has 0 spiro atoms. The van der Waals surface area contributed by atoms with Crippen molar-refractivity contribution in [3.8, 4) is 0 Å². The van der Waals surface area contributed by atoms with Crippen molar-refractivity contribution in [3.05, 3.63) is 11.6 Å². The number of oxime groups is 1. The van der Waals surface area contributed by atoms with Crippen LogP contribution in [0.15, 0.2) is 16.8 Å². The van der Waals surface area contributed by atoms with E-state index in [0.29, 0.717) is 12.1 Å². The fourth-order valence-corrected chi connectivity index (χ4v) is 2.79. The van der Waals surface area contributed by atoms with Crippen LogP contribution in [0.4, 0.5) is 0 Å². The summed E-state index contributed by atoms with van der Waals surface area (Å²) < 4.78 is 4.93. The molecule has 0 aromatic rings. The van der Waals surface area contributed by atoms with Gasteiger partial charge in [-0.3, -0.25) is 4.79 Å². The van der Waals surface area contributed by atoms with Crippen molar-refractivity contribution in [1.82, 2.24) is 0 Å². The summed E-state index contributed by atoms with van der Waals surface area (Å²) in [6.45, 7) is 5.37. The predicted molar refractivity (Wildman–Crippen MR) is 80.7 cm³/mol. The largest absolute Gasteiger partial charge is 0.469 e. The van der Waals surface area contributed by atoms with Crippen LogP contribution >= 0.6 is 0 Å². The molecule has 0 fully saturated rings. The molecule has 21 heavy (non-hydrogen) atoms. The number of rotatable bonds is 6. The van der Waals surface area contributed by atoms with Crippen LogP contribution in [0.25, 0.3) is 0 Å². The number of hydrogen-bond acceptors (Lipinski definition) is 5. The van der Waals surface area contributed by atoms with Crippen molar-refractivity contribution in [3.63, 3.8) is 0 Å². The maximum Gasteiger partial charge on any atom is 0.331 e. The van der Waals surface area contributed by atoms with E-state index in [1.165, 1.54) is 14.0 Å². The van der Waals surface area contributed by atoms with Gasteiger partial charge in [0.2, 0.25) is 0 Å². The Labute approximate surface area is 126 Å². The van der Waals surface area contributed by atoms with E-state index in [0.717, 1.165) is 31.3 Å². The third kappa shape index (κ3) is 5.33. The summed E-state index contributed by atoms with van der Waals surface area (Å²) in [5.74, 6) is -0.700. The van der Waals surface area contributed by atoms with Gasteiger partial charge in [-0.1, -0.05) is 36.9 Å². The lowest BCUT2D eigenvalue weighted by Gasteiger charge is -2.29. The molecule has 0 aliphatic heterocycles. The van der Waals surface area contributed by atoms with Crippen LogP contribution < -0.4 is 0 Å². The smallest absolute Gasteiger partial charge is 0.331 e. The van der Waals surface area contributed by atoms with Gasteiger partial charge in [0.25, 0.3) is 0 Å². The zero-order chi connectivity index (χ0) is 15.8. The van der Waals surface area contributed by atoms with E-state index >= 15 is 0 Å². The van der Waals surface area contributed by atoms with E-state index in [-0.39, 0.29) is 17.8 Å². The number of allylic oxidation sites excluding steroid dienone is 1. The van der Waals surface area contributed by atoms with Crippen molar-refractivity contribution in [2.45, 2.75) is 52.9 Å². The zero-order valence-electron chi connectivity index (χ0n) is 13.3. The molecule has 5 nitrogen and oxygen atoms in total. The minimum absolute atomic E-state index is 0.156. The molecule has 1 aliphatic rings. The minimum Gasteiger partial charge on any atom is -0.469 e. The molecule has 2 unspecified atom stereocenters. The fourth-order valence-electron chi connectivity index (χ4n) is 2.79. The van der Waals surface area contributed by atoms with Gasteiger partial charge in [0, 0.05) is 6.92 Å². The fraction of sp³-hybridized carbons (Fsp3) is 0.688. The average molecular weight is 295 g/mol. The molecule has 1 aliphatic carbocycles. The predicted octanol–water partition coefficient (Wildman–Crippen LogP) is 3.24. The Morgan fingerprint density at radius 1 is 1.38 bits per heavy atom. The Morgan fingerprint density at radius 2 is 2.10 bits per heavy atom. The molecule has 118 valence electrons. The number of unbranched alkanes of at least 4 members (excludes halogenated alkanes) is 2. The first-order valence-electron chi connectivity index (χ1n) is 7.50. The molecule has 0 heterocycles. The number of ether oxygens (including phenoxy) is 1. The highest BCUT2D eigenvalue weighted by atomic mass is 16.7. The number of esters is 1. The Kier molecular flexibility index (Phi) is 7.12. The summed E-state index contributed by atoms with van der Waals surface area (Å²) in [6, 6.07) is 0. The molecule has 5 heteroatoms. The molecule has 0 saturated heterocycles. The molecule has 0 radical (unpaired) electrons. The summed E-state index contributed by atoms with van der Waals surface area (Å²) in [4.78, 5) is 27.6. The van der Waals surface area contributed by atoms with Crippen LogP contribution in [0, 0.1) is 11.8 Å². The van der Waals surface area contributed by atoms with Gasteiger partial charge in [-0.25, -0.2) is 4.79 Å². The van der Waals surface area contributed by atoms with Gasteiger partial charge < -0.3 is 9.57 Å². The maximum absolute atomic E-state index is 12.0. The number of carbonyl (C=O) groups excluding carboxylic acids is 2. The summed E-state index contributed by atoms with van der Waals surface area (Å²) in [5, 5.41) is 3.87. The van der Waals surface area contributed by atoms with Crippen molar-refractivity contribution in [2.24, 2.45) is 17.0 Å². The van der Waals surface area contributed by atoms with Crippen LogP contribution in [-0.4, -0.2) is 24.8 Å². The second kappa shape index (κ2) is 8.60. The number of carbonyl (C=O) groups is 2. The highest BCUT2D eigenvalue weighted by Crippen LogP contribution is 2.34.